The zero-order valence-electron chi connectivity index (χ0n) is 14.9. The van der Waals surface area contributed by atoms with Gasteiger partial charge in [-0.05, 0) is 47.4 Å². The minimum Gasteiger partial charge on any atom is -0.315 e. The molecule has 0 atom stereocenters. The van der Waals surface area contributed by atoms with E-state index in [-0.39, 0.29) is 18.0 Å². The molecule has 3 heterocycles. The zero-order chi connectivity index (χ0) is 19.0. The van der Waals surface area contributed by atoms with E-state index in [9.17, 15) is 14.0 Å². The van der Waals surface area contributed by atoms with Crippen LogP contribution in [0.5, 0.6) is 0 Å². The van der Waals surface area contributed by atoms with Crippen molar-refractivity contribution < 1.29 is 9.18 Å². The Morgan fingerprint density at radius 3 is 2.74 bits per heavy atom. The molecule has 0 saturated heterocycles. The highest BCUT2D eigenvalue weighted by Crippen LogP contribution is 2.31. The Labute approximate surface area is 155 Å². The monoisotopic (exact) mass is 363 g/mol. The lowest BCUT2D eigenvalue weighted by atomic mass is 9.96. The van der Waals surface area contributed by atoms with Crippen molar-refractivity contribution in [3.63, 3.8) is 0 Å². The second-order valence-electron chi connectivity index (χ2n) is 6.69. The number of carbonyl (C=O) groups excluding carboxylic acids is 1. The third-order valence-electron chi connectivity index (χ3n) is 4.85. The van der Waals surface area contributed by atoms with Gasteiger partial charge in [-0.25, -0.2) is 4.39 Å². The first-order chi connectivity index (χ1) is 13.0. The summed E-state index contributed by atoms with van der Waals surface area (Å²) in [5, 5.41) is 0. The Hall–Kier alpha value is -3.28. The second-order valence-corrected chi connectivity index (χ2v) is 6.69. The van der Waals surface area contributed by atoms with Gasteiger partial charge in [-0.1, -0.05) is 6.07 Å². The molecule has 0 N–H and O–H groups in total. The predicted octanol–water partition coefficient (Wildman–Crippen LogP) is 3.01. The Bertz CT molecular complexity index is 1090. The molecule has 0 radical (unpaired) electrons. The van der Waals surface area contributed by atoms with Gasteiger partial charge in [0.15, 0.2) is 0 Å². The number of aryl methyl sites for hydroxylation is 1. The number of halogens is 1. The molecule has 1 aliphatic rings. The van der Waals surface area contributed by atoms with Gasteiger partial charge in [-0.15, -0.1) is 0 Å². The number of nitrogens with zero attached hydrogens (tertiary/aromatic N) is 3. The quantitative estimate of drug-likeness (QED) is 0.719. The summed E-state index contributed by atoms with van der Waals surface area (Å²) in [6.07, 6.45) is 5.86. The number of benzene rings is 1. The fraction of sp³-hybridized carbons (Fsp3) is 0.190. The van der Waals surface area contributed by atoms with Crippen LogP contribution in [-0.4, -0.2) is 22.5 Å². The van der Waals surface area contributed by atoms with Crippen LogP contribution in [0.4, 0.5) is 10.1 Å². The number of rotatable bonds is 3. The van der Waals surface area contributed by atoms with Crippen LogP contribution in [0.2, 0.25) is 0 Å². The summed E-state index contributed by atoms with van der Waals surface area (Å²) < 4.78 is 14.7. The molecule has 0 fully saturated rings. The molecule has 5 nitrogen and oxygen atoms in total. The molecule has 27 heavy (non-hydrogen) atoms. The third kappa shape index (κ3) is 3.38. The average Bonchev–Trinajstić information content (AvgIpc) is 2.68. The van der Waals surface area contributed by atoms with Crippen molar-refractivity contribution in [3.05, 3.63) is 82.3 Å². The molecular weight excluding hydrogens is 345 g/mol. The van der Waals surface area contributed by atoms with Crippen LogP contribution in [0.15, 0.2) is 59.8 Å². The van der Waals surface area contributed by atoms with Crippen molar-refractivity contribution in [2.24, 2.45) is 0 Å². The second kappa shape index (κ2) is 6.79. The molecular formula is C21H18FN3O2. The highest BCUT2D eigenvalue weighted by Gasteiger charge is 2.21. The minimum atomic E-state index is -0.452. The number of fused-ring (bicyclic) bond motifs is 1. The molecule has 1 amide bonds. The van der Waals surface area contributed by atoms with Crippen molar-refractivity contribution >= 4 is 11.6 Å². The molecule has 136 valence electrons. The number of anilines is 1. The van der Waals surface area contributed by atoms with Crippen LogP contribution >= 0.6 is 0 Å². The molecule has 0 spiro atoms. The molecule has 6 heteroatoms. The maximum absolute atomic E-state index is 13.4. The molecule has 0 unspecified atom stereocenters. The van der Waals surface area contributed by atoms with Gasteiger partial charge in [-0.3, -0.25) is 14.6 Å². The van der Waals surface area contributed by atoms with Crippen molar-refractivity contribution in [1.82, 2.24) is 9.55 Å². The van der Waals surface area contributed by atoms with E-state index >= 15 is 0 Å². The van der Waals surface area contributed by atoms with Gasteiger partial charge in [0, 0.05) is 49.4 Å². The smallest absolute Gasteiger partial charge is 0.251 e. The van der Waals surface area contributed by atoms with E-state index in [1.165, 1.54) is 16.8 Å². The number of carbonyl (C=O) groups is 1. The van der Waals surface area contributed by atoms with Crippen LogP contribution in [0.3, 0.4) is 0 Å². The van der Waals surface area contributed by atoms with E-state index < -0.39 is 5.82 Å². The first-order valence-corrected chi connectivity index (χ1v) is 8.71. The summed E-state index contributed by atoms with van der Waals surface area (Å²) in [5.41, 5.74) is 4.53. The lowest BCUT2D eigenvalue weighted by Gasteiger charge is -2.26. The molecule has 2 aromatic heterocycles. The van der Waals surface area contributed by atoms with E-state index in [1.807, 2.05) is 18.2 Å². The Morgan fingerprint density at radius 2 is 1.89 bits per heavy atom. The maximum atomic E-state index is 13.4. The molecule has 0 aliphatic carbocycles. The van der Waals surface area contributed by atoms with Crippen LogP contribution in [0, 0.1) is 5.82 Å². The Kier molecular flexibility index (Phi) is 4.32. The first kappa shape index (κ1) is 17.1. The molecule has 0 saturated carbocycles. The predicted molar refractivity (Wildman–Crippen MR) is 101 cm³/mol. The number of hydrogen-bond donors (Lipinski definition) is 0. The van der Waals surface area contributed by atoms with E-state index in [0.29, 0.717) is 6.42 Å². The van der Waals surface area contributed by atoms with Crippen molar-refractivity contribution in [2.45, 2.75) is 19.4 Å². The largest absolute Gasteiger partial charge is 0.315 e. The summed E-state index contributed by atoms with van der Waals surface area (Å²) in [6.45, 7) is 0.250. The standard InChI is InChI=1S/C21H18FN3O2/c1-24-19-5-2-15(9-16(19)3-6-20(24)26)17-8-14(10-23-11-17)12-25-13-18(22)4-7-21(25)27/h2,4-5,7-11,13H,3,6,12H2,1H3. The zero-order valence-corrected chi connectivity index (χ0v) is 14.9. The van der Waals surface area contributed by atoms with E-state index in [4.69, 9.17) is 0 Å². The van der Waals surface area contributed by atoms with Crippen LogP contribution in [0.1, 0.15) is 17.5 Å². The van der Waals surface area contributed by atoms with Gasteiger partial charge in [0.1, 0.15) is 5.82 Å². The maximum Gasteiger partial charge on any atom is 0.251 e. The number of pyridine rings is 2. The topological polar surface area (TPSA) is 55.2 Å². The van der Waals surface area contributed by atoms with E-state index in [0.717, 1.165) is 40.4 Å². The van der Waals surface area contributed by atoms with E-state index in [2.05, 4.69) is 11.1 Å². The molecule has 0 bridgehead atoms. The Morgan fingerprint density at radius 1 is 1.04 bits per heavy atom. The number of aromatic nitrogens is 2. The SMILES string of the molecule is CN1C(=O)CCc2cc(-c3cncc(Cn4cc(F)ccc4=O)c3)ccc21. The highest BCUT2D eigenvalue weighted by atomic mass is 19.1. The third-order valence-corrected chi connectivity index (χ3v) is 4.85. The summed E-state index contributed by atoms with van der Waals surface area (Å²) in [7, 11) is 1.79. The van der Waals surface area contributed by atoms with Gasteiger partial charge >= 0.3 is 0 Å². The van der Waals surface area contributed by atoms with Crippen LogP contribution < -0.4 is 10.5 Å². The summed E-state index contributed by atoms with van der Waals surface area (Å²) >= 11 is 0. The summed E-state index contributed by atoms with van der Waals surface area (Å²) in [6, 6.07) is 10.3. The van der Waals surface area contributed by atoms with Crippen LogP contribution in [0.25, 0.3) is 11.1 Å². The molecule has 1 aliphatic heterocycles. The van der Waals surface area contributed by atoms with Crippen LogP contribution in [-0.2, 0) is 17.8 Å². The van der Waals surface area contributed by atoms with E-state index in [1.54, 1.807) is 24.3 Å². The fourth-order valence-electron chi connectivity index (χ4n) is 3.39. The average molecular weight is 363 g/mol. The first-order valence-electron chi connectivity index (χ1n) is 8.71. The van der Waals surface area contributed by atoms with Crippen molar-refractivity contribution in [3.8, 4) is 11.1 Å². The summed E-state index contributed by atoms with van der Waals surface area (Å²) in [4.78, 5) is 29.7. The molecule has 3 aromatic rings. The van der Waals surface area contributed by atoms with Gasteiger partial charge in [0.25, 0.3) is 5.56 Å². The lowest BCUT2D eigenvalue weighted by Crippen LogP contribution is -2.30. The molecule has 1 aromatic carbocycles. The summed E-state index contributed by atoms with van der Waals surface area (Å²) in [5.74, 6) is -0.327. The lowest BCUT2D eigenvalue weighted by molar-refractivity contribution is -0.118. The van der Waals surface area contributed by atoms with Crippen molar-refractivity contribution in [2.75, 3.05) is 11.9 Å². The minimum absolute atomic E-state index is 0.124. The van der Waals surface area contributed by atoms with Crippen molar-refractivity contribution in [1.29, 1.82) is 0 Å². The highest BCUT2D eigenvalue weighted by molar-refractivity contribution is 5.96. The van der Waals surface area contributed by atoms with Gasteiger partial charge in [0.2, 0.25) is 5.91 Å². The Balaban J connectivity index is 1.66. The van der Waals surface area contributed by atoms with Gasteiger partial charge < -0.3 is 9.47 Å². The molecule has 4 rings (SSSR count). The number of amides is 1. The van der Waals surface area contributed by atoms with Gasteiger partial charge in [0.05, 0.1) is 6.54 Å². The van der Waals surface area contributed by atoms with Gasteiger partial charge in [-0.2, -0.15) is 0 Å². The normalized spacial score (nSPS) is 13.6. The number of hydrogen-bond acceptors (Lipinski definition) is 3. The fourth-order valence-corrected chi connectivity index (χ4v) is 3.39.